The van der Waals surface area contributed by atoms with Crippen LogP contribution in [0.15, 0.2) is 18.2 Å². The molecular weight excluding hydrogens is 267 g/mol. The zero-order valence-electron chi connectivity index (χ0n) is 10.9. The maximum atomic E-state index is 11.8. The number of methoxy groups -OCH3 is 1. The topological polar surface area (TPSA) is 122 Å². The van der Waals surface area contributed by atoms with Gasteiger partial charge in [0.1, 0.15) is 0 Å². The Hall–Kier alpha value is -1.97. The summed E-state index contributed by atoms with van der Waals surface area (Å²) in [5.41, 5.74) is -0.647. The normalized spacial score (nSPS) is 10.2. The predicted molar refractivity (Wildman–Crippen MR) is 71.7 cm³/mol. The van der Waals surface area contributed by atoms with Crippen LogP contribution in [-0.4, -0.2) is 48.3 Å². The van der Waals surface area contributed by atoms with Crippen LogP contribution in [0.4, 0.5) is 5.69 Å². The molecule has 1 aromatic carbocycles. The van der Waals surface area contributed by atoms with Crippen LogP contribution in [0.3, 0.4) is 0 Å². The summed E-state index contributed by atoms with van der Waals surface area (Å²) in [4.78, 5) is 21.8. The lowest BCUT2D eigenvalue weighted by atomic mass is 9.78. The van der Waals surface area contributed by atoms with Gasteiger partial charge in [-0.25, -0.2) is 0 Å². The number of nitrogens with zero attached hydrogens (tertiary/aromatic N) is 1. The summed E-state index contributed by atoms with van der Waals surface area (Å²) in [6, 6.07) is 3.42. The Morgan fingerprint density at radius 2 is 2.20 bits per heavy atom. The molecule has 108 valence electrons. The molecule has 1 amide bonds. The largest absolute Gasteiger partial charge is 0.495 e. The number of nitro groups is 1. The molecule has 0 spiro atoms. The van der Waals surface area contributed by atoms with E-state index >= 15 is 0 Å². The van der Waals surface area contributed by atoms with Crippen LogP contribution in [0, 0.1) is 10.1 Å². The third-order valence-electron chi connectivity index (χ3n) is 2.58. The smallest absolute Gasteiger partial charge is 0.423 e. The van der Waals surface area contributed by atoms with Crippen LogP contribution in [0.25, 0.3) is 0 Å². The number of ether oxygens (including phenoxy) is 1. The third kappa shape index (κ3) is 4.30. The van der Waals surface area contributed by atoms with Gasteiger partial charge < -0.3 is 20.1 Å². The standard InChI is InChI=1S/C11H15BN2O6/c1-20-6-2-5-13-11(15)8-3-4-10(14(18)19)9(7-8)12(16)17/h3-4,7,16-17H,2,5-6H2,1H3,(H,13,15). The van der Waals surface area contributed by atoms with Crippen molar-refractivity contribution in [1.29, 1.82) is 0 Å². The summed E-state index contributed by atoms with van der Waals surface area (Å²) in [6.07, 6.45) is 0.630. The van der Waals surface area contributed by atoms with E-state index in [1.54, 1.807) is 7.11 Å². The van der Waals surface area contributed by atoms with Gasteiger partial charge in [-0.15, -0.1) is 0 Å². The second kappa shape index (κ2) is 7.58. The summed E-state index contributed by atoms with van der Waals surface area (Å²) in [6.45, 7) is 0.891. The number of amides is 1. The fourth-order valence-electron chi connectivity index (χ4n) is 1.59. The molecule has 20 heavy (non-hydrogen) atoms. The minimum absolute atomic E-state index is 0.121. The highest BCUT2D eigenvalue weighted by Gasteiger charge is 2.25. The average Bonchev–Trinajstić information content (AvgIpc) is 2.42. The summed E-state index contributed by atoms with van der Waals surface area (Å²) in [5, 5.41) is 31.5. The lowest BCUT2D eigenvalue weighted by Gasteiger charge is -2.07. The van der Waals surface area contributed by atoms with Gasteiger partial charge in [0.15, 0.2) is 0 Å². The molecule has 0 atom stereocenters. The molecule has 0 unspecified atom stereocenters. The fourth-order valence-corrected chi connectivity index (χ4v) is 1.59. The Kier molecular flexibility index (Phi) is 6.10. The van der Waals surface area contributed by atoms with Crippen molar-refractivity contribution in [2.24, 2.45) is 0 Å². The second-order valence-corrected chi connectivity index (χ2v) is 4.01. The number of nitro benzene ring substituents is 1. The molecule has 1 rings (SSSR count). The van der Waals surface area contributed by atoms with Gasteiger partial charge in [0.05, 0.1) is 10.4 Å². The average molecular weight is 282 g/mol. The first-order valence-electron chi connectivity index (χ1n) is 5.89. The molecule has 8 nitrogen and oxygen atoms in total. The van der Waals surface area contributed by atoms with E-state index in [1.807, 2.05) is 0 Å². The number of carbonyl (C=O) groups is 1. The molecule has 3 N–H and O–H groups in total. The quantitative estimate of drug-likeness (QED) is 0.256. The van der Waals surface area contributed by atoms with Gasteiger partial charge in [0.25, 0.3) is 11.6 Å². The van der Waals surface area contributed by atoms with Crippen LogP contribution in [0.1, 0.15) is 16.8 Å². The highest BCUT2D eigenvalue weighted by molar-refractivity contribution is 6.60. The van der Waals surface area contributed by atoms with Gasteiger partial charge in [-0.3, -0.25) is 14.9 Å². The van der Waals surface area contributed by atoms with Gasteiger partial charge in [-0.1, -0.05) is 0 Å². The summed E-state index contributed by atoms with van der Waals surface area (Å²) >= 11 is 0. The molecule has 0 aromatic heterocycles. The van der Waals surface area contributed by atoms with Gasteiger partial charge in [-0.2, -0.15) is 0 Å². The summed E-state index contributed by atoms with van der Waals surface area (Å²) < 4.78 is 4.83. The number of benzene rings is 1. The molecule has 0 heterocycles. The van der Waals surface area contributed by atoms with Crippen molar-refractivity contribution in [3.8, 4) is 0 Å². The molecule has 1 aromatic rings. The van der Waals surface area contributed by atoms with Crippen LogP contribution >= 0.6 is 0 Å². The molecule has 0 bridgehead atoms. The third-order valence-corrected chi connectivity index (χ3v) is 2.58. The maximum Gasteiger partial charge on any atom is 0.495 e. The van der Waals surface area contributed by atoms with Crippen LogP contribution in [0.5, 0.6) is 0 Å². The van der Waals surface area contributed by atoms with E-state index in [9.17, 15) is 14.9 Å². The Bertz CT molecular complexity index is 494. The fraction of sp³-hybridized carbons (Fsp3) is 0.364. The number of hydrogen-bond donors (Lipinski definition) is 3. The van der Waals surface area contributed by atoms with E-state index in [4.69, 9.17) is 14.8 Å². The number of carbonyl (C=O) groups excluding carboxylic acids is 1. The van der Waals surface area contributed by atoms with Crippen molar-refractivity contribution < 1.29 is 24.5 Å². The number of rotatable bonds is 7. The molecule has 0 aliphatic heterocycles. The summed E-state index contributed by atoms with van der Waals surface area (Å²) in [5.74, 6) is -0.446. The molecule has 0 saturated carbocycles. The van der Waals surface area contributed by atoms with Gasteiger partial charge in [0, 0.05) is 31.9 Å². The van der Waals surface area contributed by atoms with E-state index in [0.717, 1.165) is 12.1 Å². The van der Waals surface area contributed by atoms with Crippen molar-refractivity contribution in [3.63, 3.8) is 0 Å². The lowest BCUT2D eigenvalue weighted by molar-refractivity contribution is -0.383. The minimum Gasteiger partial charge on any atom is -0.423 e. The number of hydrogen-bond acceptors (Lipinski definition) is 6. The first kappa shape index (κ1) is 16.1. The highest BCUT2D eigenvalue weighted by atomic mass is 16.6. The Balaban J connectivity index is 2.83. The molecule has 0 aliphatic rings. The van der Waals surface area contributed by atoms with Crippen molar-refractivity contribution in [3.05, 3.63) is 33.9 Å². The Morgan fingerprint density at radius 3 is 2.75 bits per heavy atom. The minimum atomic E-state index is -2.02. The van der Waals surface area contributed by atoms with Gasteiger partial charge in [-0.05, 0) is 18.6 Å². The van der Waals surface area contributed by atoms with Crippen LogP contribution in [-0.2, 0) is 4.74 Å². The lowest BCUT2D eigenvalue weighted by Crippen LogP contribution is -2.34. The van der Waals surface area contributed by atoms with Gasteiger partial charge in [0.2, 0.25) is 0 Å². The molecule has 0 fully saturated rings. The van der Waals surface area contributed by atoms with Crippen molar-refractivity contribution in [2.75, 3.05) is 20.3 Å². The highest BCUT2D eigenvalue weighted by Crippen LogP contribution is 2.10. The molecule has 9 heteroatoms. The first-order chi connectivity index (χ1) is 9.47. The number of nitrogens with one attached hydrogen (secondary N) is 1. The van der Waals surface area contributed by atoms with E-state index in [1.165, 1.54) is 6.07 Å². The van der Waals surface area contributed by atoms with E-state index in [0.29, 0.717) is 19.6 Å². The SMILES string of the molecule is COCCCNC(=O)c1ccc([N+](=O)[O-])c(B(O)O)c1. The Morgan fingerprint density at radius 1 is 1.50 bits per heavy atom. The summed E-state index contributed by atoms with van der Waals surface area (Å²) in [7, 11) is -0.468. The van der Waals surface area contributed by atoms with Crippen molar-refractivity contribution in [1.82, 2.24) is 5.32 Å². The van der Waals surface area contributed by atoms with Crippen molar-refractivity contribution in [2.45, 2.75) is 6.42 Å². The van der Waals surface area contributed by atoms with Crippen LogP contribution < -0.4 is 10.8 Å². The van der Waals surface area contributed by atoms with E-state index < -0.39 is 23.6 Å². The molecule has 0 aliphatic carbocycles. The predicted octanol–water partition coefficient (Wildman–Crippen LogP) is -0.959. The molecule has 0 saturated heterocycles. The molecule has 0 radical (unpaired) electrons. The van der Waals surface area contributed by atoms with E-state index in [2.05, 4.69) is 5.32 Å². The monoisotopic (exact) mass is 282 g/mol. The van der Waals surface area contributed by atoms with Crippen LogP contribution in [0.2, 0.25) is 0 Å². The Labute approximate surface area is 115 Å². The molecular formula is C11H15BN2O6. The zero-order chi connectivity index (χ0) is 15.1. The van der Waals surface area contributed by atoms with E-state index in [-0.39, 0.29) is 11.0 Å². The zero-order valence-corrected chi connectivity index (χ0v) is 10.9. The van der Waals surface area contributed by atoms with Gasteiger partial charge >= 0.3 is 7.12 Å². The maximum absolute atomic E-state index is 11.8. The van der Waals surface area contributed by atoms with Crippen molar-refractivity contribution >= 4 is 24.2 Å². The first-order valence-corrected chi connectivity index (χ1v) is 5.89. The second-order valence-electron chi connectivity index (χ2n) is 4.01.